The van der Waals surface area contributed by atoms with E-state index in [1.807, 2.05) is 0 Å². The molecule has 0 aromatic carbocycles. The molecule has 0 heterocycles. The van der Waals surface area contributed by atoms with E-state index in [-0.39, 0.29) is 42.9 Å². The number of unbranched alkanes of at least 4 members (excludes halogenated alkanes) is 2. The van der Waals surface area contributed by atoms with Gasteiger partial charge >= 0.3 is 23.1 Å². The average molecular weight is 147 g/mol. The van der Waals surface area contributed by atoms with E-state index in [1.165, 1.54) is 12.8 Å². The fourth-order valence-corrected chi connectivity index (χ4v) is 0.289. The van der Waals surface area contributed by atoms with Crippen molar-refractivity contribution < 1.29 is 0 Å². The van der Waals surface area contributed by atoms with Gasteiger partial charge in [-0.15, -0.1) is 12.4 Å². The molecule has 0 fully saturated rings. The molecule has 0 saturated carbocycles. The molecular formula is C6H15ClMg. The van der Waals surface area contributed by atoms with Gasteiger partial charge in [-0.2, -0.15) is 13.3 Å². The standard InChI is InChI=1S/C5H11.CH3.ClH.Mg/c1-3-5-4-2;;;/h3H,4-5H2,1-2H3;1H3;1H;/q2*-1;;+2. The molecule has 48 valence electrons. The van der Waals surface area contributed by atoms with E-state index in [2.05, 4.69) is 20.3 Å². The Balaban J connectivity index is -0.0000000267. The van der Waals surface area contributed by atoms with Crippen molar-refractivity contribution in [3.8, 4) is 0 Å². The smallest absolute Gasteiger partial charge is 0.358 e. The first-order valence-electron chi connectivity index (χ1n) is 2.19. The number of hydrogen-bond donors (Lipinski definition) is 0. The molecule has 8 heavy (non-hydrogen) atoms. The fourth-order valence-electron chi connectivity index (χ4n) is 0.289. The molecule has 0 nitrogen and oxygen atoms in total. The van der Waals surface area contributed by atoms with E-state index < -0.39 is 0 Å². The van der Waals surface area contributed by atoms with E-state index in [4.69, 9.17) is 0 Å². The van der Waals surface area contributed by atoms with Crippen LogP contribution in [0.1, 0.15) is 26.7 Å². The Bertz CT molecular complexity index is 16.0. The third-order valence-corrected chi connectivity index (χ3v) is 0.577. The minimum atomic E-state index is 0. The van der Waals surface area contributed by atoms with Gasteiger partial charge in [-0.05, 0) is 0 Å². The predicted octanol–water partition coefficient (Wildman–Crippen LogP) is 2.50. The van der Waals surface area contributed by atoms with Gasteiger partial charge in [-0.3, -0.25) is 0 Å². The Kier molecular flexibility index (Phi) is 70.1. The van der Waals surface area contributed by atoms with E-state index in [0.717, 1.165) is 0 Å². The molecule has 0 aromatic heterocycles. The van der Waals surface area contributed by atoms with Crippen molar-refractivity contribution in [1.29, 1.82) is 0 Å². The molecule has 0 saturated heterocycles. The second-order valence-electron chi connectivity index (χ2n) is 1.20. The summed E-state index contributed by atoms with van der Waals surface area (Å²) in [4.78, 5) is 0. The first-order chi connectivity index (χ1) is 2.41. The van der Waals surface area contributed by atoms with Crippen molar-refractivity contribution >= 4 is 35.5 Å². The molecule has 0 atom stereocenters. The SMILES string of the molecule is C[CH-]CCC.Cl.[CH3-].[Mg+2]. The number of hydrogen-bond acceptors (Lipinski definition) is 0. The molecule has 0 aliphatic carbocycles. The summed E-state index contributed by atoms with van der Waals surface area (Å²) >= 11 is 0. The Morgan fingerprint density at radius 3 is 1.75 bits per heavy atom. The van der Waals surface area contributed by atoms with Crippen LogP contribution in [0.25, 0.3) is 0 Å². The molecule has 0 aliphatic heterocycles. The second-order valence-corrected chi connectivity index (χ2v) is 1.20. The van der Waals surface area contributed by atoms with Gasteiger partial charge in [0.05, 0.1) is 0 Å². The molecule has 0 bridgehead atoms. The van der Waals surface area contributed by atoms with Crippen molar-refractivity contribution in [3.05, 3.63) is 13.8 Å². The maximum atomic E-state index is 2.18. The molecule has 0 radical (unpaired) electrons. The fraction of sp³-hybridized carbons (Fsp3) is 0.667. The molecule has 0 aromatic rings. The van der Waals surface area contributed by atoms with Gasteiger partial charge in [0.15, 0.2) is 0 Å². The number of halogens is 1. The molecule has 2 heteroatoms. The minimum absolute atomic E-state index is 0. The van der Waals surface area contributed by atoms with Crippen LogP contribution < -0.4 is 0 Å². The maximum absolute atomic E-state index is 2.18. The molecule has 0 spiro atoms. The molecule has 0 aliphatic rings. The Hall–Kier alpha value is 1.06. The zero-order valence-corrected chi connectivity index (χ0v) is 8.34. The summed E-state index contributed by atoms with van der Waals surface area (Å²) in [5.74, 6) is 0. The monoisotopic (exact) mass is 146 g/mol. The predicted molar refractivity (Wildman–Crippen MR) is 44.3 cm³/mol. The van der Waals surface area contributed by atoms with Crippen molar-refractivity contribution in [3.63, 3.8) is 0 Å². The summed E-state index contributed by atoms with van der Waals surface area (Å²) in [5, 5.41) is 0. The summed E-state index contributed by atoms with van der Waals surface area (Å²) in [5.41, 5.74) is 0. The Labute approximate surface area is 76.0 Å². The van der Waals surface area contributed by atoms with E-state index in [9.17, 15) is 0 Å². The first kappa shape index (κ1) is 23.0. The Morgan fingerprint density at radius 2 is 1.75 bits per heavy atom. The molecule has 0 N–H and O–H groups in total. The Morgan fingerprint density at radius 1 is 1.38 bits per heavy atom. The minimum Gasteiger partial charge on any atom is -0.358 e. The first-order valence-corrected chi connectivity index (χ1v) is 2.19. The van der Waals surface area contributed by atoms with Crippen LogP contribution in [0.4, 0.5) is 0 Å². The second kappa shape index (κ2) is 24.4. The van der Waals surface area contributed by atoms with Gasteiger partial charge in [-0.25, -0.2) is 0 Å². The van der Waals surface area contributed by atoms with Crippen LogP contribution in [0.2, 0.25) is 0 Å². The molecule has 0 unspecified atom stereocenters. The van der Waals surface area contributed by atoms with Crippen LogP contribution in [-0.4, -0.2) is 23.1 Å². The summed E-state index contributed by atoms with van der Waals surface area (Å²) in [7, 11) is 0. The van der Waals surface area contributed by atoms with Crippen molar-refractivity contribution in [1.82, 2.24) is 0 Å². The maximum Gasteiger partial charge on any atom is 2.00 e. The summed E-state index contributed by atoms with van der Waals surface area (Å²) in [6, 6.07) is 0. The molecule has 0 amide bonds. The van der Waals surface area contributed by atoms with Crippen LogP contribution >= 0.6 is 12.4 Å². The summed E-state index contributed by atoms with van der Waals surface area (Å²) in [6.45, 7) is 4.27. The average Bonchev–Trinajstić information content (AvgIpc) is 1.41. The van der Waals surface area contributed by atoms with E-state index in [0.29, 0.717) is 0 Å². The van der Waals surface area contributed by atoms with Gasteiger partial charge in [0.25, 0.3) is 0 Å². The van der Waals surface area contributed by atoms with E-state index in [1.54, 1.807) is 0 Å². The molecular weight excluding hydrogens is 132 g/mol. The molecule has 0 rings (SSSR count). The topological polar surface area (TPSA) is 0 Å². The van der Waals surface area contributed by atoms with Crippen LogP contribution in [0.3, 0.4) is 0 Å². The van der Waals surface area contributed by atoms with Crippen LogP contribution in [0.5, 0.6) is 0 Å². The number of rotatable bonds is 2. The van der Waals surface area contributed by atoms with Crippen molar-refractivity contribution in [2.24, 2.45) is 0 Å². The summed E-state index contributed by atoms with van der Waals surface area (Å²) in [6.07, 6.45) is 4.73. The van der Waals surface area contributed by atoms with Gasteiger partial charge in [0, 0.05) is 0 Å². The van der Waals surface area contributed by atoms with Gasteiger partial charge in [-0.1, -0.05) is 13.3 Å². The van der Waals surface area contributed by atoms with Crippen molar-refractivity contribution in [2.45, 2.75) is 26.7 Å². The summed E-state index contributed by atoms with van der Waals surface area (Å²) < 4.78 is 0. The van der Waals surface area contributed by atoms with Crippen LogP contribution in [0, 0.1) is 13.8 Å². The third-order valence-electron chi connectivity index (χ3n) is 0.577. The quantitative estimate of drug-likeness (QED) is 0.415. The largest absolute Gasteiger partial charge is 2.00 e. The van der Waals surface area contributed by atoms with Gasteiger partial charge in [0.2, 0.25) is 0 Å². The van der Waals surface area contributed by atoms with Gasteiger partial charge in [0.1, 0.15) is 0 Å². The van der Waals surface area contributed by atoms with E-state index >= 15 is 0 Å². The van der Waals surface area contributed by atoms with Crippen molar-refractivity contribution in [2.75, 3.05) is 0 Å². The van der Waals surface area contributed by atoms with Crippen LogP contribution in [0.15, 0.2) is 0 Å². The van der Waals surface area contributed by atoms with Crippen LogP contribution in [-0.2, 0) is 0 Å². The van der Waals surface area contributed by atoms with Gasteiger partial charge < -0.3 is 13.8 Å². The zero-order chi connectivity index (χ0) is 4.12. The zero-order valence-electron chi connectivity index (χ0n) is 6.11. The third kappa shape index (κ3) is 27.7. The normalized spacial score (nSPS) is 5.25.